The predicted octanol–water partition coefficient (Wildman–Crippen LogP) is 2.97. The van der Waals surface area contributed by atoms with Crippen LogP contribution in [0, 0.1) is 0 Å². The molecule has 160 valence electrons. The van der Waals surface area contributed by atoms with E-state index in [9.17, 15) is 13.2 Å². The molecule has 2 amide bonds. The molecule has 0 radical (unpaired) electrons. The predicted molar refractivity (Wildman–Crippen MR) is 113 cm³/mol. The molecule has 2 fully saturated rings. The van der Waals surface area contributed by atoms with Crippen molar-refractivity contribution in [2.45, 2.75) is 36.4 Å². The van der Waals surface area contributed by atoms with Gasteiger partial charge in [0.05, 0.1) is 17.5 Å². The summed E-state index contributed by atoms with van der Waals surface area (Å²) in [6.07, 6.45) is 0.901. The number of amides is 2. The third-order valence-electron chi connectivity index (χ3n) is 5.92. The molecule has 0 unspecified atom stereocenters. The van der Waals surface area contributed by atoms with Gasteiger partial charge >= 0.3 is 6.03 Å². The number of sulfonamides is 1. The molecule has 0 aliphatic carbocycles. The van der Waals surface area contributed by atoms with E-state index in [-0.39, 0.29) is 17.0 Å². The Labute approximate surface area is 177 Å². The Morgan fingerprint density at radius 3 is 2.23 bits per heavy atom. The van der Waals surface area contributed by atoms with Gasteiger partial charge in [-0.25, -0.2) is 13.2 Å². The van der Waals surface area contributed by atoms with Crippen LogP contribution in [0.25, 0.3) is 0 Å². The van der Waals surface area contributed by atoms with Crippen molar-refractivity contribution in [3.63, 3.8) is 0 Å². The van der Waals surface area contributed by atoms with E-state index in [1.807, 2.05) is 37.3 Å². The topological polar surface area (TPSA) is 79.0 Å². The summed E-state index contributed by atoms with van der Waals surface area (Å²) >= 11 is 0. The van der Waals surface area contributed by atoms with Gasteiger partial charge in [0.1, 0.15) is 5.72 Å². The number of piperidine rings is 1. The van der Waals surface area contributed by atoms with E-state index in [1.54, 1.807) is 35.2 Å². The van der Waals surface area contributed by atoms with Gasteiger partial charge in [0.15, 0.2) is 0 Å². The van der Waals surface area contributed by atoms with E-state index in [2.05, 4.69) is 5.32 Å². The van der Waals surface area contributed by atoms with Crippen LogP contribution in [0.2, 0.25) is 0 Å². The monoisotopic (exact) mass is 429 g/mol. The van der Waals surface area contributed by atoms with E-state index in [0.29, 0.717) is 39.1 Å². The summed E-state index contributed by atoms with van der Waals surface area (Å²) in [7, 11) is -3.65. The average molecular weight is 430 g/mol. The molecule has 0 saturated carbocycles. The second-order valence-corrected chi connectivity index (χ2v) is 9.62. The molecule has 1 atom stereocenters. The molecule has 1 N–H and O–H groups in total. The Bertz CT molecular complexity index is 974. The highest BCUT2D eigenvalue weighted by Gasteiger charge is 2.51. The maximum atomic E-state index is 13.2. The number of benzene rings is 2. The molecule has 1 spiro atoms. The van der Waals surface area contributed by atoms with Gasteiger partial charge in [-0.05, 0) is 24.6 Å². The Hall–Kier alpha value is -2.42. The van der Waals surface area contributed by atoms with Crippen molar-refractivity contribution in [3.8, 4) is 0 Å². The molecule has 2 aromatic carbocycles. The number of nitrogens with one attached hydrogen (secondary N) is 1. The molecule has 8 heteroatoms. The van der Waals surface area contributed by atoms with Crippen molar-refractivity contribution < 1.29 is 17.9 Å². The fourth-order valence-electron chi connectivity index (χ4n) is 4.21. The molecular formula is C22H27N3O4S. The van der Waals surface area contributed by atoms with Crippen LogP contribution in [-0.4, -0.2) is 55.6 Å². The van der Waals surface area contributed by atoms with Crippen LogP contribution in [0.4, 0.5) is 4.79 Å². The standard InChI is InChI=1S/C22H27N3O4S/c1-18(19-8-4-2-5-9-19)23-21(26)24-14-12-22(13-15-24)25(16-17-29-22)30(27,28)20-10-6-3-7-11-20/h2-11,18H,12-17H2,1H3,(H,23,26)/t18-/m0/s1. The summed E-state index contributed by atoms with van der Waals surface area (Å²) in [5.74, 6) is 0. The molecule has 2 aliphatic heterocycles. The average Bonchev–Trinajstić information content (AvgIpc) is 3.19. The smallest absolute Gasteiger partial charge is 0.317 e. The Kier molecular flexibility index (Phi) is 5.81. The van der Waals surface area contributed by atoms with E-state index >= 15 is 0 Å². The number of hydrogen-bond acceptors (Lipinski definition) is 4. The highest BCUT2D eigenvalue weighted by Crippen LogP contribution is 2.38. The Balaban J connectivity index is 1.42. The van der Waals surface area contributed by atoms with E-state index in [1.165, 1.54) is 4.31 Å². The van der Waals surface area contributed by atoms with Crippen LogP contribution >= 0.6 is 0 Å². The Morgan fingerprint density at radius 1 is 1.00 bits per heavy atom. The maximum absolute atomic E-state index is 13.2. The van der Waals surface area contributed by atoms with Crippen molar-refractivity contribution in [3.05, 3.63) is 66.2 Å². The van der Waals surface area contributed by atoms with Gasteiger partial charge in [-0.15, -0.1) is 0 Å². The summed E-state index contributed by atoms with van der Waals surface area (Å²) in [5.41, 5.74) is 0.162. The van der Waals surface area contributed by atoms with Crippen LogP contribution in [0.15, 0.2) is 65.6 Å². The van der Waals surface area contributed by atoms with Crippen molar-refractivity contribution in [2.75, 3.05) is 26.2 Å². The minimum atomic E-state index is -3.65. The van der Waals surface area contributed by atoms with E-state index < -0.39 is 15.7 Å². The number of carbonyl (C=O) groups is 1. The largest absolute Gasteiger partial charge is 0.358 e. The molecule has 7 nitrogen and oxygen atoms in total. The molecule has 0 aromatic heterocycles. The third-order valence-corrected chi connectivity index (χ3v) is 7.89. The number of hydrogen-bond donors (Lipinski definition) is 1. The van der Waals surface area contributed by atoms with Crippen molar-refractivity contribution in [1.82, 2.24) is 14.5 Å². The molecule has 4 rings (SSSR count). The summed E-state index contributed by atoms with van der Waals surface area (Å²) < 4.78 is 33.8. The molecule has 30 heavy (non-hydrogen) atoms. The first-order valence-electron chi connectivity index (χ1n) is 10.2. The number of ether oxygens (including phenoxy) is 1. The van der Waals surface area contributed by atoms with Gasteiger partial charge in [0.25, 0.3) is 0 Å². The van der Waals surface area contributed by atoms with Crippen molar-refractivity contribution >= 4 is 16.1 Å². The number of rotatable bonds is 4. The second-order valence-electron chi connectivity index (χ2n) is 7.75. The van der Waals surface area contributed by atoms with Gasteiger partial charge in [0.2, 0.25) is 10.0 Å². The lowest BCUT2D eigenvalue weighted by atomic mass is 10.0. The lowest BCUT2D eigenvalue weighted by Crippen LogP contribution is -2.57. The lowest BCUT2D eigenvalue weighted by Gasteiger charge is -2.42. The lowest BCUT2D eigenvalue weighted by molar-refractivity contribution is -0.0846. The molecule has 0 bridgehead atoms. The minimum absolute atomic E-state index is 0.104. The number of urea groups is 1. The third kappa shape index (κ3) is 3.95. The normalized spacial score (nSPS) is 20.2. The van der Waals surface area contributed by atoms with Crippen LogP contribution < -0.4 is 5.32 Å². The fraction of sp³-hybridized carbons (Fsp3) is 0.409. The van der Waals surface area contributed by atoms with E-state index in [0.717, 1.165) is 5.56 Å². The Morgan fingerprint density at radius 2 is 1.60 bits per heavy atom. The second kappa shape index (κ2) is 8.37. The first kappa shape index (κ1) is 20.8. The van der Waals surface area contributed by atoms with E-state index in [4.69, 9.17) is 4.74 Å². The zero-order valence-electron chi connectivity index (χ0n) is 17.0. The van der Waals surface area contributed by atoms with Gasteiger partial charge in [0, 0.05) is 32.5 Å². The number of nitrogens with zero attached hydrogens (tertiary/aromatic N) is 2. The molecule has 2 aliphatic rings. The molecule has 2 aromatic rings. The van der Waals surface area contributed by atoms with Crippen LogP contribution in [0.1, 0.15) is 31.4 Å². The summed E-state index contributed by atoms with van der Waals surface area (Å²) in [5, 5.41) is 3.03. The van der Waals surface area contributed by atoms with Crippen molar-refractivity contribution in [2.24, 2.45) is 0 Å². The molecular weight excluding hydrogens is 402 g/mol. The minimum Gasteiger partial charge on any atom is -0.358 e. The fourth-order valence-corrected chi connectivity index (χ4v) is 5.95. The summed E-state index contributed by atoms with van der Waals surface area (Å²) in [6, 6.07) is 18.0. The number of carbonyl (C=O) groups excluding carboxylic acids is 1. The first-order chi connectivity index (χ1) is 14.4. The van der Waals surface area contributed by atoms with Crippen LogP contribution in [0.5, 0.6) is 0 Å². The SMILES string of the molecule is C[C@H](NC(=O)N1CCC2(CC1)OCCN2S(=O)(=O)c1ccccc1)c1ccccc1. The quantitative estimate of drug-likeness (QED) is 0.811. The van der Waals surface area contributed by atoms with Gasteiger partial charge in [-0.3, -0.25) is 0 Å². The zero-order valence-corrected chi connectivity index (χ0v) is 17.8. The van der Waals surface area contributed by atoms with Crippen LogP contribution in [-0.2, 0) is 14.8 Å². The zero-order chi connectivity index (χ0) is 21.2. The van der Waals surface area contributed by atoms with Gasteiger partial charge in [-0.2, -0.15) is 4.31 Å². The number of likely N-dealkylation sites (tertiary alicyclic amines) is 1. The van der Waals surface area contributed by atoms with Crippen molar-refractivity contribution in [1.29, 1.82) is 0 Å². The summed E-state index contributed by atoms with van der Waals surface area (Å²) in [6.45, 7) is 3.52. The van der Waals surface area contributed by atoms with Gasteiger partial charge in [-0.1, -0.05) is 48.5 Å². The molecule has 2 heterocycles. The highest BCUT2D eigenvalue weighted by atomic mass is 32.2. The van der Waals surface area contributed by atoms with Gasteiger partial charge < -0.3 is 15.0 Å². The summed E-state index contributed by atoms with van der Waals surface area (Å²) in [4.78, 5) is 14.7. The van der Waals surface area contributed by atoms with Crippen LogP contribution in [0.3, 0.4) is 0 Å². The highest BCUT2D eigenvalue weighted by molar-refractivity contribution is 7.89. The maximum Gasteiger partial charge on any atom is 0.317 e. The molecule has 2 saturated heterocycles. The first-order valence-corrected chi connectivity index (χ1v) is 11.7.